The van der Waals surface area contributed by atoms with Crippen LogP contribution in [0.25, 0.3) is 5.69 Å². The van der Waals surface area contributed by atoms with E-state index in [9.17, 15) is 14.7 Å². The number of carboxylic acids is 1. The number of nitrogens with zero attached hydrogens (tertiary/aromatic N) is 2. The Bertz CT molecular complexity index is 702. The SMILES string of the molecule is CC(C)c1ccc(-n2nc(C(=O)O)c(O)cc2=O)cc1. The van der Waals surface area contributed by atoms with Crippen LogP contribution in [0.15, 0.2) is 35.1 Å². The van der Waals surface area contributed by atoms with Gasteiger partial charge in [0, 0.05) is 6.07 Å². The van der Waals surface area contributed by atoms with E-state index in [4.69, 9.17) is 5.11 Å². The number of aromatic carboxylic acids is 1. The summed E-state index contributed by atoms with van der Waals surface area (Å²) in [7, 11) is 0. The van der Waals surface area contributed by atoms with Gasteiger partial charge < -0.3 is 10.2 Å². The van der Waals surface area contributed by atoms with Crippen LogP contribution >= 0.6 is 0 Å². The summed E-state index contributed by atoms with van der Waals surface area (Å²) in [4.78, 5) is 22.7. The molecule has 0 saturated heterocycles. The molecule has 104 valence electrons. The molecule has 0 fully saturated rings. The summed E-state index contributed by atoms with van der Waals surface area (Å²) in [5.74, 6) is -1.68. The molecule has 0 spiro atoms. The molecule has 0 aliphatic heterocycles. The van der Waals surface area contributed by atoms with Gasteiger partial charge in [-0.15, -0.1) is 0 Å². The number of hydrogen-bond donors (Lipinski definition) is 2. The van der Waals surface area contributed by atoms with E-state index in [0.29, 0.717) is 11.6 Å². The van der Waals surface area contributed by atoms with Gasteiger partial charge in [0.25, 0.3) is 5.56 Å². The van der Waals surface area contributed by atoms with Crippen molar-refractivity contribution < 1.29 is 15.0 Å². The van der Waals surface area contributed by atoms with Crippen molar-refractivity contribution in [3.63, 3.8) is 0 Å². The summed E-state index contributed by atoms with van der Waals surface area (Å²) in [6, 6.07) is 7.91. The standard InChI is InChI=1S/C14H14N2O4/c1-8(2)9-3-5-10(6-4-9)16-12(18)7-11(17)13(15-16)14(19)20/h3-8,17H,1-2H3,(H,19,20). The first kappa shape index (κ1) is 13.8. The van der Waals surface area contributed by atoms with Gasteiger partial charge in [0.2, 0.25) is 5.69 Å². The third-order valence-corrected chi connectivity index (χ3v) is 2.92. The zero-order valence-electron chi connectivity index (χ0n) is 11.1. The highest BCUT2D eigenvalue weighted by Crippen LogP contribution is 2.17. The summed E-state index contributed by atoms with van der Waals surface area (Å²) in [5.41, 5.74) is 0.392. The van der Waals surface area contributed by atoms with Crippen LogP contribution < -0.4 is 5.56 Å². The molecule has 2 rings (SSSR count). The van der Waals surface area contributed by atoms with Crippen molar-refractivity contribution in [2.75, 3.05) is 0 Å². The average Bonchev–Trinajstić information content (AvgIpc) is 2.38. The number of aromatic hydroxyl groups is 1. The molecule has 0 amide bonds. The van der Waals surface area contributed by atoms with Crippen LogP contribution in [0.1, 0.15) is 35.8 Å². The van der Waals surface area contributed by atoms with Crippen molar-refractivity contribution in [1.29, 1.82) is 0 Å². The van der Waals surface area contributed by atoms with Crippen molar-refractivity contribution in [2.45, 2.75) is 19.8 Å². The van der Waals surface area contributed by atoms with E-state index in [1.165, 1.54) is 0 Å². The number of carbonyl (C=O) groups is 1. The molecule has 6 nitrogen and oxygen atoms in total. The summed E-state index contributed by atoms with van der Waals surface area (Å²) < 4.78 is 0.952. The molecule has 1 aromatic carbocycles. The van der Waals surface area contributed by atoms with E-state index in [-0.39, 0.29) is 0 Å². The zero-order chi connectivity index (χ0) is 14.9. The van der Waals surface area contributed by atoms with Crippen LogP contribution in [0, 0.1) is 0 Å². The van der Waals surface area contributed by atoms with Gasteiger partial charge in [0.05, 0.1) is 5.69 Å². The highest BCUT2D eigenvalue weighted by molar-refractivity contribution is 5.88. The molecule has 2 aromatic rings. The topological polar surface area (TPSA) is 92.4 Å². The maximum atomic E-state index is 11.8. The predicted molar refractivity (Wildman–Crippen MR) is 72.5 cm³/mol. The van der Waals surface area contributed by atoms with Gasteiger partial charge in [-0.3, -0.25) is 4.79 Å². The fourth-order valence-corrected chi connectivity index (χ4v) is 1.78. The average molecular weight is 274 g/mol. The molecule has 6 heteroatoms. The van der Waals surface area contributed by atoms with Gasteiger partial charge in [0.1, 0.15) is 0 Å². The highest BCUT2D eigenvalue weighted by atomic mass is 16.4. The van der Waals surface area contributed by atoms with E-state index >= 15 is 0 Å². The van der Waals surface area contributed by atoms with Crippen LogP contribution in [-0.2, 0) is 0 Å². The largest absolute Gasteiger partial charge is 0.505 e. The van der Waals surface area contributed by atoms with Crippen LogP contribution in [0.4, 0.5) is 0 Å². The number of benzene rings is 1. The second kappa shape index (κ2) is 5.16. The van der Waals surface area contributed by atoms with Crippen LogP contribution in [0.3, 0.4) is 0 Å². The number of rotatable bonds is 3. The van der Waals surface area contributed by atoms with Crippen molar-refractivity contribution in [3.8, 4) is 11.4 Å². The lowest BCUT2D eigenvalue weighted by Crippen LogP contribution is -2.23. The van der Waals surface area contributed by atoms with Crippen molar-refractivity contribution in [2.24, 2.45) is 0 Å². The lowest BCUT2D eigenvalue weighted by atomic mass is 10.0. The lowest BCUT2D eigenvalue weighted by molar-refractivity contribution is 0.0684. The Morgan fingerprint density at radius 2 is 1.85 bits per heavy atom. The Morgan fingerprint density at radius 1 is 1.25 bits per heavy atom. The number of carboxylic acid groups (broad SMARTS) is 1. The third kappa shape index (κ3) is 2.54. The summed E-state index contributed by atoms with van der Waals surface area (Å²) in [5, 5.41) is 22.0. The van der Waals surface area contributed by atoms with Gasteiger partial charge >= 0.3 is 5.97 Å². The van der Waals surface area contributed by atoms with Gasteiger partial charge in [-0.05, 0) is 23.6 Å². The fourth-order valence-electron chi connectivity index (χ4n) is 1.78. The molecule has 0 aliphatic carbocycles. The molecule has 0 atom stereocenters. The minimum Gasteiger partial charge on any atom is -0.505 e. The maximum Gasteiger partial charge on any atom is 0.360 e. The minimum absolute atomic E-state index is 0.350. The van der Waals surface area contributed by atoms with Gasteiger partial charge in [0.15, 0.2) is 5.75 Å². The predicted octanol–water partition coefficient (Wildman–Crippen LogP) is 1.76. The van der Waals surface area contributed by atoms with Crippen LogP contribution in [-0.4, -0.2) is 26.0 Å². The summed E-state index contributed by atoms with van der Waals surface area (Å²) in [6.45, 7) is 4.09. The quantitative estimate of drug-likeness (QED) is 0.889. The van der Waals surface area contributed by atoms with E-state index in [1.54, 1.807) is 12.1 Å². The molecule has 2 N–H and O–H groups in total. The van der Waals surface area contributed by atoms with E-state index < -0.39 is 23.0 Å². The normalized spacial score (nSPS) is 10.8. The Balaban J connectivity index is 2.55. The van der Waals surface area contributed by atoms with Crippen LogP contribution in [0.2, 0.25) is 0 Å². The molecule has 0 aliphatic rings. The van der Waals surface area contributed by atoms with Gasteiger partial charge in [-0.1, -0.05) is 26.0 Å². The van der Waals surface area contributed by atoms with Crippen LogP contribution in [0.5, 0.6) is 5.75 Å². The third-order valence-electron chi connectivity index (χ3n) is 2.92. The van der Waals surface area contributed by atoms with E-state index in [1.807, 2.05) is 26.0 Å². The molecule has 0 unspecified atom stereocenters. The Morgan fingerprint density at radius 3 is 2.35 bits per heavy atom. The first-order chi connectivity index (χ1) is 9.40. The minimum atomic E-state index is -1.39. The maximum absolute atomic E-state index is 11.8. The Labute approximate surface area is 114 Å². The summed E-state index contributed by atoms with van der Waals surface area (Å²) >= 11 is 0. The number of aromatic nitrogens is 2. The Kier molecular flexibility index (Phi) is 3.56. The lowest BCUT2D eigenvalue weighted by Gasteiger charge is -2.09. The molecular formula is C14H14N2O4. The van der Waals surface area contributed by atoms with Crippen molar-refractivity contribution in [3.05, 3.63) is 51.9 Å². The molecule has 1 heterocycles. The number of hydrogen-bond acceptors (Lipinski definition) is 4. The van der Waals surface area contributed by atoms with E-state index in [2.05, 4.69) is 5.10 Å². The molecule has 1 aromatic heterocycles. The zero-order valence-corrected chi connectivity index (χ0v) is 11.1. The monoisotopic (exact) mass is 274 g/mol. The fraction of sp³-hybridized carbons (Fsp3) is 0.214. The first-order valence-electron chi connectivity index (χ1n) is 6.07. The molecule has 0 bridgehead atoms. The second-order valence-electron chi connectivity index (χ2n) is 4.68. The smallest absolute Gasteiger partial charge is 0.360 e. The van der Waals surface area contributed by atoms with E-state index in [0.717, 1.165) is 16.3 Å². The molecule has 0 saturated carbocycles. The van der Waals surface area contributed by atoms with Crippen molar-refractivity contribution >= 4 is 5.97 Å². The second-order valence-corrected chi connectivity index (χ2v) is 4.68. The highest BCUT2D eigenvalue weighted by Gasteiger charge is 2.15. The van der Waals surface area contributed by atoms with Gasteiger partial charge in [-0.2, -0.15) is 9.78 Å². The van der Waals surface area contributed by atoms with Gasteiger partial charge in [-0.25, -0.2) is 4.79 Å². The van der Waals surface area contributed by atoms with Crippen molar-refractivity contribution in [1.82, 2.24) is 9.78 Å². The summed E-state index contributed by atoms with van der Waals surface area (Å²) in [6.07, 6.45) is 0. The molecule has 0 radical (unpaired) electrons. The molecular weight excluding hydrogens is 260 g/mol. The first-order valence-corrected chi connectivity index (χ1v) is 6.07. The Hall–Kier alpha value is -2.63. The molecule has 20 heavy (non-hydrogen) atoms.